The summed E-state index contributed by atoms with van der Waals surface area (Å²) < 4.78 is 0. The topological polar surface area (TPSA) is 51.3 Å². The Hall–Kier alpha value is -2.94. The van der Waals surface area contributed by atoms with Crippen LogP contribution in [0.4, 0.5) is 0 Å². The average Bonchev–Trinajstić information content (AvgIpc) is 2.67. The van der Waals surface area contributed by atoms with Crippen molar-refractivity contribution in [3.05, 3.63) is 102 Å². The van der Waals surface area contributed by atoms with Crippen LogP contribution in [-0.4, -0.2) is 17.4 Å². The minimum Gasteiger partial charge on any atom is -0.383 e. The maximum Gasteiger partial charge on any atom is 0.127 e. The largest absolute Gasteiger partial charge is 0.383 e. The van der Waals surface area contributed by atoms with Crippen molar-refractivity contribution < 1.29 is 0 Å². The Morgan fingerprint density at radius 3 is 2.04 bits per heavy atom. The van der Waals surface area contributed by atoms with E-state index in [9.17, 15) is 0 Å². The number of nitrogens with zero attached hydrogens (tertiary/aromatic N) is 2. The van der Waals surface area contributed by atoms with Gasteiger partial charge in [-0.1, -0.05) is 60.7 Å². The third-order valence-corrected chi connectivity index (χ3v) is 4.06. The molecule has 3 heteroatoms. The number of aliphatic imine (C=N–C) groups is 1. The lowest BCUT2D eigenvalue weighted by Crippen LogP contribution is -2.14. The predicted octanol–water partition coefficient (Wildman–Crippen LogP) is 4.01. The molecule has 0 spiro atoms. The van der Waals surface area contributed by atoms with E-state index in [0.717, 1.165) is 12.0 Å². The highest BCUT2D eigenvalue weighted by molar-refractivity contribution is 5.97. The van der Waals surface area contributed by atoms with E-state index in [1.165, 1.54) is 11.1 Å². The van der Waals surface area contributed by atoms with Crippen molar-refractivity contribution in [3.8, 4) is 0 Å². The van der Waals surface area contributed by atoms with Crippen LogP contribution in [0.3, 0.4) is 0 Å². The van der Waals surface area contributed by atoms with E-state index in [1.807, 2.05) is 24.3 Å². The molecular weight excluding hydrogens is 294 g/mol. The van der Waals surface area contributed by atoms with Crippen LogP contribution in [0, 0.1) is 0 Å². The minimum absolute atomic E-state index is 0.317. The van der Waals surface area contributed by atoms with Crippen LogP contribution in [0.2, 0.25) is 0 Å². The van der Waals surface area contributed by atoms with Gasteiger partial charge in [0, 0.05) is 30.4 Å². The molecule has 3 rings (SSSR count). The molecule has 0 amide bonds. The highest BCUT2D eigenvalue weighted by Crippen LogP contribution is 2.27. The Kier molecular flexibility index (Phi) is 5.36. The number of rotatable bonds is 6. The fourth-order valence-electron chi connectivity index (χ4n) is 2.82. The molecular formula is C21H21N3. The maximum atomic E-state index is 6.07. The van der Waals surface area contributed by atoms with Crippen LogP contribution < -0.4 is 5.73 Å². The highest BCUT2D eigenvalue weighted by atomic mass is 14.9. The number of benzene rings is 2. The van der Waals surface area contributed by atoms with Crippen LogP contribution in [0.1, 0.15) is 29.0 Å². The van der Waals surface area contributed by atoms with Gasteiger partial charge in [0.25, 0.3) is 0 Å². The highest BCUT2D eigenvalue weighted by Gasteiger charge is 2.13. The van der Waals surface area contributed by atoms with E-state index >= 15 is 0 Å². The van der Waals surface area contributed by atoms with Crippen molar-refractivity contribution in [2.45, 2.75) is 12.3 Å². The molecule has 3 aromatic rings. The van der Waals surface area contributed by atoms with Crippen molar-refractivity contribution in [1.82, 2.24) is 4.98 Å². The zero-order chi connectivity index (χ0) is 16.6. The molecule has 0 atom stereocenters. The molecule has 0 unspecified atom stereocenters. The summed E-state index contributed by atoms with van der Waals surface area (Å²) in [6.07, 6.45) is 4.39. The Balaban J connectivity index is 1.76. The Morgan fingerprint density at radius 2 is 1.50 bits per heavy atom. The zero-order valence-electron chi connectivity index (χ0n) is 13.5. The predicted molar refractivity (Wildman–Crippen MR) is 99.2 cm³/mol. The van der Waals surface area contributed by atoms with Gasteiger partial charge in [0.15, 0.2) is 0 Å². The summed E-state index contributed by atoms with van der Waals surface area (Å²) in [7, 11) is 0. The van der Waals surface area contributed by atoms with Crippen LogP contribution in [-0.2, 0) is 0 Å². The van der Waals surface area contributed by atoms with E-state index in [4.69, 9.17) is 5.73 Å². The number of hydrogen-bond donors (Lipinski definition) is 1. The summed E-state index contributed by atoms with van der Waals surface area (Å²) in [5.74, 6) is 0.862. The van der Waals surface area contributed by atoms with E-state index in [-0.39, 0.29) is 0 Å². The lowest BCUT2D eigenvalue weighted by molar-refractivity contribution is 0.727. The molecule has 0 fully saturated rings. The lowest BCUT2D eigenvalue weighted by Gasteiger charge is -2.17. The lowest BCUT2D eigenvalue weighted by atomic mass is 9.88. The van der Waals surface area contributed by atoms with Crippen molar-refractivity contribution in [3.63, 3.8) is 0 Å². The normalized spacial score (nSPS) is 11.6. The molecule has 24 heavy (non-hydrogen) atoms. The second-order valence-corrected chi connectivity index (χ2v) is 5.67. The van der Waals surface area contributed by atoms with Crippen LogP contribution in [0.25, 0.3) is 0 Å². The maximum absolute atomic E-state index is 6.07. The Bertz CT molecular complexity index is 728. The monoisotopic (exact) mass is 315 g/mol. The van der Waals surface area contributed by atoms with Gasteiger partial charge in [-0.05, 0) is 29.7 Å². The summed E-state index contributed by atoms with van der Waals surface area (Å²) >= 11 is 0. The molecule has 0 aliphatic rings. The van der Waals surface area contributed by atoms with Gasteiger partial charge in [-0.25, -0.2) is 0 Å². The first-order valence-electron chi connectivity index (χ1n) is 8.15. The molecule has 3 nitrogen and oxygen atoms in total. The quantitative estimate of drug-likeness (QED) is 0.552. The molecule has 1 aromatic heterocycles. The Morgan fingerprint density at radius 1 is 0.875 bits per heavy atom. The van der Waals surface area contributed by atoms with Crippen LogP contribution in [0.15, 0.2) is 90.2 Å². The average molecular weight is 315 g/mol. The molecule has 0 aliphatic heterocycles. The van der Waals surface area contributed by atoms with E-state index in [0.29, 0.717) is 18.3 Å². The summed E-state index contributed by atoms with van der Waals surface area (Å²) in [5.41, 5.74) is 9.55. The van der Waals surface area contributed by atoms with Gasteiger partial charge in [-0.15, -0.1) is 0 Å². The molecule has 0 bridgehead atoms. The third-order valence-electron chi connectivity index (χ3n) is 4.06. The molecule has 2 aromatic carbocycles. The minimum atomic E-state index is 0.317. The van der Waals surface area contributed by atoms with Crippen LogP contribution in [0.5, 0.6) is 0 Å². The number of hydrogen-bond acceptors (Lipinski definition) is 2. The van der Waals surface area contributed by atoms with Gasteiger partial charge >= 0.3 is 0 Å². The van der Waals surface area contributed by atoms with Crippen LogP contribution >= 0.6 is 0 Å². The summed E-state index contributed by atoms with van der Waals surface area (Å²) in [6, 6.07) is 24.9. The van der Waals surface area contributed by atoms with E-state index in [1.54, 1.807) is 12.4 Å². The Labute approximate surface area is 142 Å². The third kappa shape index (κ3) is 4.07. The fourth-order valence-corrected chi connectivity index (χ4v) is 2.82. The molecule has 0 saturated carbocycles. The molecule has 0 radical (unpaired) electrons. The first kappa shape index (κ1) is 15.9. The van der Waals surface area contributed by atoms with Gasteiger partial charge in [0.2, 0.25) is 0 Å². The molecule has 1 heterocycles. The van der Waals surface area contributed by atoms with Crippen molar-refractivity contribution in [1.29, 1.82) is 0 Å². The molecule has 120 valence electrons. The van der Waals surface area contributed by atoms with E-state index < -0.39 is 0 Å². The number of amidine groups is 1. The molecule has 0 aliphatic carbocycles. The summed E-state index contributed by atoms with van der Waals surface area (Å²) in [4.78, 5) is 8.62. The van der Waals surface area contributed by atoms with Crippen molar-refractivity contribution in [2.75, 3.05) is 6.54 Å². The van der Waals surface area contributed by atoms with Gasteiger partial charge in [-0.3, -0.25) is 9.98 Å². The molecule has 2 N–H and O–H groups in total. The number of aromatic nitrogens is 1. The smallest absolute Gasteiger partial charge is 0.127 e. The second kappa shape index (κ2) is 8.06. The SMILES string of the molecule is N/C(=N\CCC(c1ccccc1)c1ccccc1)c1cccnc1. The first-order chi connectivity index (χ1) is 11.8. The zero-order valence-corrected chi connectivity index (χ0v) is 13.5. The number of pyridine rings is 1. The molecule has 0 saturated heterocycles. The van der Waals surface area contributed by atoms with E-state index in [2.05, 4.69) is 58.5 Å². The summed E-state index contributed by atoms with van der Waals surface area (Å²) in [6.45, 7) is 0.676. The second-order valence-electron chi connectivity index (χ2n) is 5.67. The standard InChI is InChI=1S/C21H21N3/c22-21(19-12-7-14-23-16-19)24-15-13-20(17-8-3-1-4-9-17)18-10-5-2-6-11-18/h1-12,14,16,20H,13,15H2,(H2,22,24). The fraction of sp³-hybridized carbons (Fsp3) is 0.143. The van der Waals surface area contributed by atoms with Gasteiger partial charge < -0.3 is 5.73 Å². The van der Waals surface area contributed by atoms with Crippen molar-refractivity contribution in [2.24, 2.45) is 10.7 Å². The van der Waals surface area contributed by atoms with Gasteiger partial charge in [-0.2, -0.15) is 0 Å². The number of nitrogens with two attached hydrogens (primary N) is 1. The van der Waals surface area contributed by atoms with Crippen molar-refractivity contribution >= 4 is 5.84 Å². The van der Waals surface area contributed by atoms with Gasteiger partial charge in [0.1, 0.15) is 5.84 Å². The summed E-state index contributed by atoms with van der Waals surface area (Å²) in [5, 5.41) is 0. The van der Waals surface area contributed by atoms with Gasteiger partial charge in [0.05, 0.1) is 0 Å². The first-order valence-corrected chi connectivity index (χ1v) is 8.15.